The van der Waals surface area contributed by atoms with Crippen molar-refractivity contribution in [2.24, 2.45) is 0 Å². The lowest BCUT2D eigenvalue weighted by molar-refractivity contribution is 0.249. The zero-order chi connectivity index (χ0) is 15.7. The quantitative estimate of drug-likeness (QED) is 0.884. The summed E-state index contributed by atoms with van der Waals surface area (Å²) in [6.07, 6.45) is 4.33. The number of nitrogens with zero attached hydrogens (tertiary/aromatic N) is 2. The first-order valence-corrected chi connectivity index (χ1v) is 8.94. The summed E-state index contributed by atoms with van der Waals surface area (Å²) < 4.78 is 0. The monoisotopic (exact) mass is 317 g/mol. The Morgan fingerprint density at radius 2 is 1.95 bits per heavy atom. The highest BCUT2D eigenvalue weighted by Crippen LogP contribution is 2.28. The Labute approximate surface area is 135 Å². The van der Waals surface area contributed by atoms with Crippen LogP contribution in [0, 0.1) is 0 Å². The van der Waals surface area contributed by atoms with Gasteiger partial charge in [-0.15, -0.1) is 11.8 Å². The van der Waals surface area contributed by atoms with Crippen LogP contribution in [0.5, 0.6) is 0 Å². The Morgan fingerprint density at radius 3 is 2.59 bits per heavy atom. The summed E-state index contributed by atoms with van der Waals surface area (Å²) >= 11 is 1.69. The second kappa shape index (κ2) is 6.34. The second-order valence-electron chi connectivity index (χ2n) is 6.09. The molecular weight excluding hydrogens is 294 g/mol. The fourth-order valence-electron chi connectivity index (χ4n) is 3.22. The summed E-state index contributed by atoms with van der Waals surface area (Å²) in [5.41, 5.74) is 0.0122. The molecule has 0 saturated carbocycles. The maximum absolute atomic E-state index is 12.4. The Hall–Kier alpha value is -1.46. The van der Waals surface area contributed by atoms with E-state index in [0.717, 1.165) is 47.4 Å². The van der Waals surface area contributed by atoms with Crippen molar-refractivity contribution in [2.45, 2.75) is 23.8 Å². The van der Waals surface area contributed by atoms with Crippen LogP contribution in [0.15, 0.2) is 34.0 Å². The highest BCUT2D eigenvalue weighted by Gasteiger charge is 2.21. The van der Waals surface area contributed by atoms with Crippen LogP contribution in [-0.4, -0.2) is 49.4 Å². The molecule has 3 rings (SSSR count). The molecule has 0 unspecified atom stereocenters. The first kappa shape index (κ1) is 15.4. The van der Waals surface area contributed by atoms with Gasteiger partial charge in [0.05, 0.1) is 0 Å². The number of aromatic amines is 1. The summed E-state index contributed by atoms with van der Waals surface area (Å²) in [7, 11) is 4.28. The van der Waals surface area contributed by atoms with Gasteiger partial charge < -0.3 is 14.8 Å². The van der Waals surface area contributed by atoms with Gasteiger partial charge in [0.15, 0.2) is 0 Å². The van der Waals surface area contributed by atoms with E-state index < -0.39 is 0 Å². The molecule has 1 aliphatic rings. The molecule has 2 heterocycles. The van der Waals surface area contributed by atoms with Crippen molar-refractivity contribution < 1.29 is 0 Å². The minimum Gasteiger partial charge on any atom is -0.358 e. The molecule has 0 atom stereocenters. The molecule has 22 heavy (non-hydrogen) atoms. The molecule has 1 aromatic carbocycles. The van der Waals surface area contributed by atoms with Crippen LogP contribution in [0.1, 0.15) is 12.8 Å². The predicted molar refractivity (Wildman–Crippen MR) is 95.3 cm³/mol. The van der Waals surface area contributed by atoms with Gasteiger partial charge in [-0.3, -0.25) is 4.79 Å². The molecule has 5 heteroatoms. The number of hydrogen-bond donors (Lipinski definition) is 1. The summed E-state index contributed by atoms with van der Waals surface area (Å²) in [6, 6.07) is 8.71. The lowest BCUT2D eigenvalue weighted by Gasteiger charge is -2.36. The summed E-state index contributed by atoms with van der Waals surface area (Å²) in [5.74, 6) is 0.955. The van der Waals surface area contributed by atoms with Crippen molar-refractivity contribution >= 4 is 28.4 Å². The van der Waals surface area contributed by atoms with E-state index in [4.69, 9.17) is 0 Å². The molecule has 1 saturated heterocycles. The standard InChI is InChI=1S/C17H23N3OS/c1-19(2)12-7-9-20(10-8-12)16-11-14-13(17(21)18-16)5-4-6-15(14)22-3/h4-6,11-12H,7-10H2,1-3H3,(H,18,21). The van der Waals surface area contributed by atoms with E-state index in [1.807, 2.05) is 12.1 Å². The number of anilines is 1. The molecule has 118 valence electrons. The molecule has 0 bridgehead atoms. The second-order valence-corrected chi connectivity index (χ2v) is 6.94. The van der Waals surface area contributed by atoms with Crippen molar-refractivity contribution in [3.05, 3.63) is 34.6 Å². The fraction of sp³-hybridized carbons (Fsp3) is 0.471. The number of rotatable bonds is 3. The van der Waals surface area contributed by atoms with Crippen LogP contribution in [0.4, 0.5) is 5.82 Å². The molecular formula is C17H23N3OS. The van der Waals surface area contributed by atoms with Crippen LogP contribution < -0.4 is 10.5 Å². The number of aromatic nitrogens is 1. The molecule has 0 spiro atoms. The number of hydrogen-bond acceptors (Lipinski definition) is 4. The summed E-state index contributed by atoms with van der Waals surface area (Å²) in [5, 5.41) is 1.84. The molecule has 1 N–H and O–H groups in total. The maximum Gasteiger partial charge on any atom is 0.257 e. The van der Waals surface area contributed by atoms with Crippen molar-refractivity contribution in [1.82, 2.24) is 9.88 Å². The van der Waals surface area contributed by atoms with Gasteiger partial charge in [-0.1, -0.05) is 6.07 Å². The predicted octanol–water partition coefficient (Wildman–Crippen LogP) is 2.78. The fourth-order valence-corrected chi connectivity index (χ4v) is 3.82. The topological polar surface area (TPSA) is 39.3 Å². The van der Waals surface area contributed by atoms with Crippen molar-refractivity contribution in [3.63, 3.8) is 0 Å². The molecule has 1 fully saturated rings. The van der Waals surface area contributed by atoms with Gasteiger partial charge in [-0.25, -0.2) is 0 Å². The first-order valence-electron chi connectivity index (χ1n) is 7.71. The SMILES string of the molecule is CSc1cccc2c(=O)[nH]c(N3CCC(N(C)C)CC3)cc12. The van der Waals surface area contributed by atoms with Crippen LogP contribution in [0.3, 0.4) is 0 Å². The lowest BCUT2D eigenvalue weighted by atomic mass is 10.0. The number of nitrogens with one attached hydrogen (secondary N) is 1. The molecule has 0 amide bonds. The van der Waals surface area contributed by atoms with E-state index >= 15 is 0 Å². The van der Waals surface area contributed by atoms with Gasteiger partial charge in [0.1, 0.15) is 5.82 Å². The summed E-state index contributed by atoms with van der Waals surface area (Å²) in [4.78, 5) is 21.2. The highest BCUT2D eigenvalue weighted by atomic mass is 32.2. The summed E-state index contributed by atoms with van der Waals surface area (Å²) in [6.45, 7) is 1.98. The minimum atomic E-state index is 0.0122. The molecule has 0 radical (unpaired) electrons. The maximum atomic E-state index is 12.4. The first-order chi connectivity index (χ1) is 10.6. The molecule has 1 aromatic heterocycles. The number of benzene rings is 1. The molecule has 1 aliphatic heterocycles. The van der Waals surface area contributed by atoms with Crippen LogP contribution in [0.2, 0.25) is 0 Å². The van der Waals surface area contributed by atoms with Crippen LogP contribution in [0.25, 0.3) is 10.8 Å². The number of piperidine rings is 1. The number of pyridine rings is 1. The third-order valence-electron chi connectivity index (χ3n) is 4.59. The van der Waals surface area contributed by atoms with E-state index in [9.17, 15) is 4.79 Å². The third kappa shape index (κ3) is 2.88. The molecule has 0 aliphatic carbocycles. The third-order valence-corrected chi connectivity index (χ3v) is 5.38. The Morgan fingerprint density at radius 1 is 1.23 bits per heavy atom. The zero-order valence-corrected chi connectivity index (χ0v) is 14.2. The number of H-pyrrole nitrogens is 1. The zero-order valence-electron chi connectivity index (χ0n) is 13.4. The smallest absolute Gasteiger partial charge is 0.257 e. The minimum absolute atomic E-state index is 0.0122. The Balaban J connectivity index is 1.94. The van der Waals surface area contributed by atoms with Gasteiger partial charge in [0.25, 0.3) is 5.56 Å². The van der Waals surface area contributed by atoms with Crippen LogP contribution >= 0.6 is 11.8 Å². The van der Waals surface area contributed by atoms with E-state index in [-0.39, 0.29) is 5.56 Å². The lowest BCUT2D eigenvalue weighted by Crippen LogP contribution is -2.42. The van der Waals surface area contributed by atoms with Crippen molar-refractivity contribution in [3.8, 4) is 0 Å². The van der Waals surface area contributed by atoms with Crippen molar-refractivity contribution in [1.29, 1.82) is 0 Å². The van der Waals surface area contributed by atoms with Crippen molar-refractivity contribution in [2.75, 3.05) is 38.3 Å². The average molecular weight is 317 g/mol. The molecule has 4 nitrogen and oxygen atoms in total. The van der Waals surface area contributed by atoms with E-state index in [1.165, 1.54) is 0 Å². The van der Waals surface area contributed by atoms with Gasteiger partial charge in [-0.2, -0.15) is 0 Å². The van der Waals surface area contributed by atoms with Gasteiger partial charge >= 0.3 is 0 Å². The number of fused-ring (bicyclic) bond motifs is 1. The largest absolute Gasteiger partial charge is 0.358 e. The number of thioether (sulfide) groups is 1. The van der Waals surface area contributed by atoms with E-state index in [1.54, 1.807) is 11.8 Å². The average Bonchev–Trinajstić information content (AvgIpc) is 2.54. The van der Waals surface area contributed by atoms with Crippen LogP contribution in [-0.2, 0) is 0 Å². The van der Waals surface area contributed by atoms with Gasteiger partial charge in [0, 0.05) is 34.8 Å². The van der Waals surface area contributed by atoms with E-state index in [2.05, 4.69) is 47.3 Å². The molecule has 2 aromatic rings. The normalized spacial score (nSPS) is 16.6. The van der Waals surface area contributed by atoms with E-state index in [0.29, 0.717) is 6.04 Å². The van der Waals surface area contributed by atoms with Gasteiger partial charge in [0.2, 0.25) is 0 Å². The Kier molecular flexibility index (Phi) is 4.45. The highest BCUT2D eigenvalue weighted by molar-refractivity contribution is 7.98. The Bertz CT molecular complexity index is 717. The van der Waals surface area contributed by atoms with Gasteiger partial charge in [-0.05, 0) is 51.4 Å².